The molecule has 0 aromatic heterocycles. The zero-order valence-corrected chi connectivity index (χ0v) is 14.7. The second-order valence-corrected chi connectivity index (χ2v) is 8.17. The fraction of sp³-hybridized carbons (Fsp3) is 0.154. The summed E-state index contributed by atoms with van der Waals surface area (Å²) in [5.74, 6) is -1.24. The Morgan fingerprint density at radius 3 is 2.00 bits per heavy atom. The molecule has 2 aromatic rings. The van der Waals surface area contributed by atoms with Crippen molar-refractivity contribution in [3.63, 3.8) is 0 Å². The van der Waals surface area contributed by atoms with Gasteiger partial charge in [0, 0.05) is 23.8 Å². The molecule has 0 bridgehead atoms. The van der Waals surface area contributed by atoms with E-state index < -0.39 is 41.7 Å². The van der Waals surface area contributed by atoms with Gasteiger partial charge >= 0.3 is 0 Å². The highest BCUT2D eigenvalue weighted by molar-refractivity contribution is 7.86. The molecular weight excluding hydrogens is 398 g/mol. The lowest BCUT2D eigenvalue weighted by Crippen LogP contribution is -2.13. The molecule has 0 aliphatic rings. The van der Waals surface area contributed by atoms with Crippen molar-refractivity contribution in [1.29, 1.82) is 0 Å². The van der Waals surface area contributed by atoms with E-state index >= 15 is 0 Å². The number of phenolic OH excluding ortho intramolecular Hbond substituents is 1. The largest absolute Gasteiger partial charge is 0.507 e. The Kier molecular flexibility index (Phi) is 5.25. The predicted octanol–water partition coefficient (Wildman–Crippen LogP) is 1.61. The molecule has 0 spiro atoms. The predicted molar refractivity (Wildman–Crippen MR) is 89.2 cm³/mol. The molecule has 0 radical (unpaired) electrons. The molecular formula is C13H12ClNO8S2. The van der Waals surface area contributed by atoms with Crippen molar-refractivity contribution in [2.75, 3.05) is 11.2 Å². The van der Waals surface area contributed by atoms with Crippen LogP contribution >= 0.6 is 11.6 Å². The third-order valence-corrected chi connectivity index (χ3v) is 5.02. The van der Waals surface area contributed by atoms with Gasteiger partial charge in [0.1, 0.15) is 5.75 Å². The van der Waals surface area contributed by atoms with Crippen LogP contribution in [-0.2, 0) is 25.0 Å². The molecule has 1 amide bonds. The van der Waals surface area contributed by atoms with Crippen molar-refractivity contribution in [3.05, 3.63) is 24.3 Å². The van der Waals surface area contributed by atoms with E-state index in [4.69, 9.17) is 16.2 Å². The molecule has 0 aliphatic carbocycles. The van der Waals surface area contributed by atoms with Gasteiger partial charge in [0.25, 0.3) is 20.2 Å². The highest BCUT2D eigenvalue weighted by Gasteiger charge is 2.20. The molecule has 0 saturated heterocycles. The maximum absolute atomic E-state index is 11.7. The molecule has 0 aliphatic heterocycles. The standard InChI is InChI=1S/C13H12ClNO8S2/c14-2-1-12(17)15-10-5-8(24(18,19)20)3-7-4-9(25(21,22)23)6-11(16)13(7)10/h3-6,16H,1-2H2,(H,15,17)(H,18,19,20)(H,21,22,23). The van der Waals surface area contributed by atoms with Gasteiger partial charge < -0.3 is 10.4 Å². The molecule has 12 heteroatoms. The van der Waals surface area contributed by atoms with E-state index in [2.05, 4.69) is 5.32 Å². The van der Waals surface area contributed by atoms with Crippen LogP contribution in [0.2, 0.25) is 0 Å². The highest BCUT2D eigenvalue weighted by atomic mass is 35.5. The van der Waals surface area contributed by atoms with Crippen molar-refractivity contribution in [3.8, 4) is 5.75 Å². The molecule has 136 valence electrons. The van der Waals surface area contributed by atoms with E-state index in [1.54, 1.807) is 0 Å². The van der Waals surface area contributed by atoms with Crippen LogP contribution in [0.1, 0.15) is 6.42 Å². The number of rotatable bonds is 5. The average molecular weight is 410 g/mol. The van der Waals surface area contributed by atoms with E-state index in [1.807, 2.05) is 0 Å². The van der Waals surface area contributed by atoms with Crippen LogP contribution in [-0.4, -0.2) is 42.8 Å². The Hall–Kier alpha value is -1.92. The zero-order chi connectivity index (χ0) is 19.0. The average Bonchev–Trinajstić information content (AvgIpc) is 2.44. The first-order valence-corrected chi connectivity index (χ1v) is 9.96. The normalized spacial score (nSPS) is 12.3. The second-order valence-electron chi connectivity index (χ2n) is 4.95. The van der Waals surface area contributed by atoms with Gasteiger partial charge in [-0.05, 0) is 23.6 Å². The number of halogens is 1. The molecule has 9 nitrogen and oxygen atoms in total. The number of carbonyl (C=O) groups excluding carboxylic acids is 1. The van der Waals surface area contributed by atoms with Crippen LogP contribution in [0.5, 0.6) is 5.75 Å². The van der Waals surface area contributed by atoms with Crippen LogP contribution < -0.4 is 5.32 Å². The van der Waals surface area contributed by atoms with Crippen LogP contribution in [0.3, 0.4) is 0 Å². The van der Waals surface area contributed by atoms with Gasteiger partial charge in [-0.3, -0.25) is 13.9 Å². The minimum Gasteiger partial charge on any atom is -0.507 e. The van der Waals surface area contributed by atoms with Crippen molar-refractivity contribution in [2.45, 2.75) is 16.2 Å². The topological polar surface area (TPSA) is 158 Å². The zero-order valence-electron chi connectivity index (χ0n) is 12.3. The Bertz CT molecular complexity index is 1060. The maximum Gasteiger partial charge on any atom is 0.294 e. The number of benzene rings is 2. The first-order chi connectivity index (χ1) is 11.4. The van der Waals surface area contributed by atoms with Crippen molar-refractivity contribution < 1.29 is 35.8 Å². The Balaban J connectivity index is 2.83. The van der Waals surface area contributed by atoms with Gasteiger partial charge in [0.05, 0.1) is 15.5 Å². The summed E-state index contributed by atoms with van der Waals surface area (Å²) in [5.41, 5.74) is -0.181. The first kappa shape index (κ1) is 19.4. The summed E-state index contributed by atoms with van der Waals surface area (Å²) in [5, 5.41) is 12.2. The van der Waals surface area contributed by atoms with Crippen LogP contribution in [0.4, 0.5) is 5.69 Å². The molecule has 2 rings (SSSR count). The molecule has 25 heavy (non-hydrogen) atoms. The molecule has 4 N–H and O–H groups in total. The number of nitrogens with one attached hydrogen (secondary N) is 1. The van der Waals surface area contributed by atoms with E-state index in [0.29, 0.717) is 0 Å². The van der Waals surface area contributed by atoms with E-state index in [9.17, 15) is 31.3 Å². The highest BCUT2D eigenvalue weighted by Crippen LogP contribution is 2.36. The SMILES string of the molecule is O=C(CCCl)Nc1cc(S(=O)(=O)O)cc2cc(S(=O)(=O)O)cc(O)c12. The van der Waals surface area contributed by atoms with Crippen molar-refractivity contribution in [2.24, 2.45) is 0 Å². The number of alkyl halides is 1. The van der Waals surface area contributed by atoms with Crippen LogP contribution in [0, 0.1) is 0 Å². The molecule has 0 saturated carbocycles. The third-order valence-electron chi connectivity index (χ3n) is 3.17. The van der Waals surface area contributed by atoms with Gasteiger partial charge in [-0.25, -0.2) is 0 Å². The number of phenols is 1. The molecule has 0 fully saturated rings. The summed E-state index contributed by atoms with van der Waals surface area (Å²) >= 11 is 5.45. The summed E-state index contributed by atoms with van der Waals surface area (Å²) in [6, 6.07) is 3.41. The second kappa shape index (κ2) is 6.77. The third kappa shape index (κ3) is 4.38. The Morgan fingerprint density at radius 2 is 1.52 bits per heavy atom. The van der Waals surface area contributed by atoms with E-state index in [1.165, 1.54) is 0 Å². The summed E-state index contributed by atoms with van der Waals surface area (Å²) in [7, 11) is -9.38. The lowest BCUT2D eigenvalue weighted by molar-refractivity contribution is -0.115. The lowest BCUT2D eigenvalue weighted by atomic mass is 10.1. The Morgan fingerprint density at radius 1 is 1.00 bits per heavy atom. The Labute approximate surface area is 147 Å². The summed E-state index contributed by atoms with van der Waals surface area (Å²) < 4.78 is 63.6. The monoisotopic (exact) mass is 409 g/mol. The first-order valence-electron chi connectivity index (χ1n) is 6.55. The number of fused-ring (bicyclic) bond motifs is 1. The number of carbonyl (C=O) groups is 1. The number of aromatic hydroxyl groups is 1. The van der Waals surface area contributed by atoms with Crippen molar-refractivity contribution in [1.82, 2.24) is 0 Å². The van der Waals surface area contributed by atoms with Crippen molar-refractivity contribution >= 4 is 54.2 Å². The summed E-state index contributed by atoms with van der Waals surface area (Å²) in [4.78, 5) is 10.4. The minimum absolute atomic E-state index is 0.0133. The number of hydrogen-bond acceptors (Lipinski definition) is 6. The molecule has 0 heterocycles. The lowest BCUT2D eigenvalue weighted by Gasteiger charge is -2.13. The van der Waals surface area contributed by atoms with Gasteiger partial charge in [-0.15, -0.1) is 11.6 Å². The number of amides is 1. The number of anilines is 1. The number of hydrogen-bond donors (Lipinski definition) is 4. The fourth-order valence-corrected chi connectivity index (χ4v) is 3.38. The maximum atomic E-state index is 11.7. The summed E-state index contributed by atoms with van der Waals surface area (Å²) in [6.45, 7) is 0. The molecule has 0 atom stereocenters. The van der Waals surface area contributed by atoms with E-state index in [-0.39, 0.29) is 28.8 Å². The smallest absolute Gasteiger partial charge is 0.294 e. The van der Waals surface area contributed by atoms with Crippen LogP contribution in [0.15, 0.2) is 34.1 Å². The summed E-state index contributed by atoms with van der Waals surface area (Å²) in [6.07, 6.45) is -0.108. The van der Waals surface area contributed by atoms with Crippen LogP contribution in [0.25, 0.3) is 10.8 Å². The van der Waals surface area contributed by atoms with Gasteiger partial charge in [-0.1, -0.05) is 0 Å². The minimum atomic E-state index is -4.70. The molecule has 0 unspecified atom stereocenters. The van der Waals surface area contributed by atoms with Gasteiger partial charge in [0.15, 0.2) is 0 Å². The quantitative estimate of drug-likeness (QED) is 0.428. The van der Waals surface area contributed by atoms with E-state index in [0.717, 1.165) is 24.3 Å². The fourth-order valence-electron chi connectivity index (χ4n) is 2.13. The molecule has 2 aromatic carbocycles. The van der Waals surface area contributed by atoms with Gasteiger partial charge in [0.2, 0.25) is 5.91 Å². The van der Waals surface area contributed by atoms with Gasteiger partial charge in [-0.2, -0.15) is 16.8 Å².